The second-order valence-electron chi connectivity index (χ2n) is 8.70. The molecule has 1 aliphatic rings. The van der Waals surface area contributed by atoms with Crippen LogP contribution >= 0.6 is 0 Å². The third-order valence-electron chi connectivity index (χ3n) is 6.32. The Morgan fingerprint density at radius 1 is 1.27 bits per heavy atom. The minimum Gasteiger partial charge on any atom is -0.377 e. The number of hydrogen-bond donors (Lipinski definition) is 1. The Morgan fingerprint density at radius 2 is 2.06 bits per heavy atom. The molecule has 0 saturated heterocycles. The maximum atomic E-state index is 11.8. The molecule has 1 fully saturated rings. The first kappa shape index (κ1) is 24.2. The zero-order valence-electron chi connectivity index (χ0n) is 20.2. The molecule has 6 nitrogen and oxygen atoms in total. The molecule has 2 aromatic rings. The largest absolute Gasteiger partial charge is 0.377 e. The molecular weight excluding hydrogens is 410 g/mol. The molecular formula is C27H37N5O. The summed E-state index contributed by atoms with van der Waals surface area (Å²) in [6.45, 7) is 9.46. The van der Waals surface area contributed by atoms with Gasteiger partial charge in [0.25, 0.3) is 0 Å². The Hall–Kier alpha value is -3.41. The van der Waals surface area contributed by atoms with Crippen molar-refractivity contribution in [3.63, 3.8) is 0 Å². The highest BCUT2D eigenvalue weighted by atomic mass is 16.1. The lowest BCUT2D eigenvalue weighted by atomic mass is 10.0. The lowest BCUT2D eigenvalue weighted by Gasteiger charge is -2.29. The lowest BCUT2D eigenvalue weighted by molar-refractivity contribution is -0.121. The Kier molecular flexibility index (Phi) is 8.04. The molecule has 1 N–H and O–H groups in total. The van der Waals surface area contributed by atoms with Crippen LogP contribution in [0.3, 0.4) is 0 Å². The van der Waals surface area contributed by atoms with Crippen LogP contribution in [-0.2, 0) is 4.79 Å². The van der Waals surface area contributed by atoms with Crippen LogP contribution in [0.2, 0.25) is 0 Å². The number of benzene rings is 1. The van der Waals surface area contributed by atoms with E-state index in [-0.39, 0.29) is 13.4 Å². The van der Waals surface area contributed by atoms with E-state index in [0.29, 0.717) is 12.5 Å². The molecule has 0 aliphatic heterocycles. The summed E-state index contributed by atoms with van der Waals surface area (Å²) in [6, 6.07) is 11.0. The number of carbonyl (C=O) groups excluding carboxylic acids is 1. The van der Waals surface area contributed by atoms with Crippen molar-refractivity contribution in [3.05, 3.63) is 60.4 Å². The number of amides is 1. The Bertz CT molecular complexity index is 1030. The molecule has 0 bridgehead atoms. The van der Waals surface area contributed by atoms with Crippen molar-refractivity contribution < 1.29 is 6.22 Å². The zero-order chi connectivity index (χ0) is 24.0. The number of nitrogens with zero attached hydrogens (tertiary/aromatic N) is 4. The average Bonchev–Trinajstić information content (AvgIpc) is 3.30. The zero-order valence-corrected chi connectivity index (χ0v) is 20.2. The van der Waals surface area contributed by atoms with Crippen LogP contribution in [0.1, 0.15) is 45.2 Å². The van der Waals surface area contributed by atoms with E-state index >= 15 is 0 Å². The van der Waals surface area contributed by atoms with Gasteiger partial charge in [0.1, 0.15) is 0 Å². The molecule has 6 heteroatoms. The van der Waals surface area contributed by atoms with Crippen LogP contribution in [0.5, 0.6) is 0 Å². The summed E-state index contributed by atoms with van der Waals surface area (Å²) in [7, 11) is 6.13. The molecule has 1 aliphatic carbocycles. The molecule has 2 atom stereocenters. The van der Waals surface area contributed by atoms with E-state index in [9.17, 15) is 4.79 Å². The van der Waals surface area contributed by atoms with Crippen molar-refractivity contribution in [2.45, 2.75) is 44.7 Å². The molecule has 1 saturated carbocycles. The standard InChI is InChI=1S/C27H35N5O.H2/c1-7-19-9-10-20(15-25(19)31(4)5)24-14-11-21(17-29-24)26(18-28-3)32(6)23-13-12-22(16-23)30-27(33)8-2;/h7,9-11,14-15,17-18,22-23H,1,3,8,12-13,16H2,2,4-6H3,(H,30,33);1H/b26-18-;/t22-,23+;/m0./s1. The normalized spacial score (nSPS) is 18.0. The number of hydrogen-bond acceptors (Lipinski definition) is 5. The average molecular weight is 448 g/mol. The van der Waals surface area contributed by atoms with Crippen molar-refractivity contribution in [1.29, 1.82) is 0 Å². The SMILES string of the molecule is C=Cc1ccc(-c2ccc(/C(=C/N=C)N(C)[C@@H]3CC[C@H](NC(=O)CC)C3)cn2)cc1N(C)C.[HH]. The molecule has 1 aromatic carbocycles. The first-order valence-corrected chi connectivity index (χ1v) is 11.5. The summed E-state index contributed by atoms with van der Waals surface area (Å²) in [5.41, 5.74) is 6.14. The number of pyridine rings is 1. The molecule has 0 radical (unpaired) electrons. The summed E-state index contributed by atoms with van der Waals surface area (Å²) in [4.78, 5) is 24.9. The van der Waals surface area contributed by atoms with Crippen LogP contribution in [-0.4, -0.2) is 55.7 Å². The predicted octanol–water partition coefficient (Wildman–Crippen LogP) is 5.08. The van der Waals surface area contributed by atoms with Gasteiger partial charge in [-0.05, 0) is 49.7 Å². The molecule has 1 aromatic heterocycles. The highest BCUT2D eigenvalue weighted by Crippen LogP contribution is 2.31. The minimum atomic E-state index is 0. The second kappa shape index (κ2) is 10.9. The smallest absolute Gasteiger partial charge is 0.219 e. The monoisotopic (exact) mass is 447 g/mol. The molecule has 1 amide bonds. The van der Waals surface area contributed by atoms with Gasteiger partial charge in [-0.15, -0.1) is 0 Å². The summed E-state index contributed by atoms with van der Waals surface area (Å²) >= 11 is 0. The summed E-state index contributed by atoms with van der Waals surface area (Å²) in [5, 5.41) is 3.13. The Labute approximate surface area is 199 Å². The quantitative estimate of drug-likeness (QED) is 0.545. The van der Waals surface area contributed by atoms with Crippen LogP contribution < -0.4 is 10.2 Å². The second-order valence-corrected chi connectivity index (χ2v) is 8.70. The molecule has 0 unspecified atom stereocenters. The van der Waals surface area contributed by atoms with E-state index in [2.05, 4.69) is 64.7 Å². The number of anilines is 1. The molecule has 33 heavy (non-hydrogen) atoms. The minimum absolute atomic E-state index is 0. The number of nitrogens with one attached hydrogen (secondary N) is 1. The maximum absolute atomic E-state index is 11.8. The fourth-order valence-electron chi connectivity index (χ4n) is 4.40. The lowest BCUT2D eigenvalue weighted by Crippen LogP contribution is -2.35. The van der Waals surface area contributed by atoms with E-state index in [1.807, 2.05) is 39.4 Å². The Morgan fingerprint density at radius 3 is 2.67 bits per heavy atom. The van der Waals surface area contributed by atoms with Gasteiger partial charge in [-0.1, -0.05) is 31.7 Å². The van der Waals surface area contributed by atoms with E-state index in [0.717, 1.165) is 53.0 Å². The number of aliphatic imine (C=N–C) groups is 1. The maximum Gasteiger partial charge on any atom is 0.219 e. The van der Waals surface area contributed by atoms with Crippen LogP contribution in [0.4, 0.5) is 5.69 Å². The summed E-state index contributed by atoms with van der Waals surface area (Å²) < 4.78 is 0. The van der Waals surface area contributed by atoms with Crippen LogP contribution in [0.25, 0.3) is 23.0 Å². The van der Waals surface area contributed by atoms with Gasteiger partial charge in [-0.2, -0.15) is 0 Å². The fraction of sp³-hybridized carbons (Fsp3) is 0.370. The van der Waals surface area contributed by atoms with Gasteiger partial charge in [0.05, 0.1) is 17.6 Å². The van der Waals surface area contributed by atoms with Crippen LogP contribution in [0.15, 0.2) is 54.3 Å². The third-order valence-corrected chi connectivity index (χ3v) is 6.32. The van der Waals surface area contributed by atoms with Crippen molar-refractivity contribution in [2.24, 2.45) is 4.99 Å². The molecule has 0 spiro atoms. The first-order chi connectivity index (χ1) is 15.9. The van der Waals surface area contributed by atoms with E-state index < -0.39 is 0 Å². The summed E-state index contributed by atoms with van der Waals surface area (Å²) in [5.74, 6) is 0.116. The van der Waals surface area contributed by atoms with Gasteiger partial charge in [0.15, 0.2) is 0 Å². The van der Waals surface area contributed by atoms with Gasteiger partial charge in [-0.3, -0.25) is 14.8 Å². The number of aromatic nitrogens is 1. The van der Waals surface area contributed by atoms with Crippen molar-refractivity contribution >= 4 is 30.1 Å². The number of carbonyl (C=O) groups is 1. The van der Waals surface area contributed by atoms with Crippen molar-refractivity contribution in [3.8, 4) is 11.3 Å². The van der Waals surface area contributed by atoms with Crippen LogP contribution in [0, 0.1) is 0 Å². The van der Waals surface area contributed by atoms with Gasteiger partial charge >= 0.3 is 0 Å². The first-order valence-electron chi connectivity index (χ1n) is 11.5. The highest BCUT2D eigenvalue weighted by molar-refractivity contribution is 5.76. The van der Waals surface area contributed by atoms with E-state index in [1.54, 1.807) is 6.20 Å². The van der Waals surface area contributed by atoms with Gasteiger partial charge in [0.2, 0.25) is 5.91 Å². The highest BCUT2D eigenvalue weighted by Gasteiger charge is 2.29. The molecule has 176 valence electrons. The van der Waals surface area contributed by atoms with Gasteiger partial charge < -0.3 is 15.1 Å². The van der Waals surface area contributed by atoms with Crippen molar-refractivity contribution in [2.75, 3.05) is 26.0 Å². The van der Waals surface area contributed by atoms with Gasteiger partial charge in [-0.25, -0.2) is 0 Å². The van der Waals surface area contributed by atoms with Crippen molar-refractivity contribution in [1.82, 2.24) is 15.2 Å². The predicted molar refractivity (Wildman–Crippen MR) is 141 cm³/mol. The van der Waals surface area contributed by atoms with E-state index in [1.165, 1.54) is 0 Å². The Balaban J connectivity index is 0.00000408. The molecule has 3 rings (SSSR count). The third kappa shape index (κ3) is 5.69. The summed E-state index contributed by atoms with van der Waals surface area (Å²) in [6.07, 6.45) is 9.00. The fourth-order valence-corrected chi connectivity index (χ4v) is 4.40. The molecule has 1 heterocycles. The van der Waals surface area contributed by atoms with E-state index in [4.69, 9.17) is 4.98 Å². The number of rotatable bonds is 9. The topological polar surface area (TPSA) is 60.8 Å². The van der Waals surface area contributed by atoms with Gasteiger partial charge in [0, 0.05) is 64.1 Å².